The second-order valence-electron chi connectivity index (χ2n) is 5.52. The molecule has 1 unspecified atom stereocenters. The molecule has 0 aromatic heterocycles. The van der Waals surface area contributed by atoms with E-state index in [0.717, 1.165) is 25.3 Å². The van der Waals surface area contributed by atoms with Gasteiger partial charge in [-0.3, -0.25) is 0 Å². The number of rotatable bonds is 5. The van der Waals surface area contributed by atoms with E-state index in [9.17, 15) is 0 Å². The standard InChI is InChI=1S/C15H18N2O/c16-8-7-15(5-6-15)11-17-10-13-9-12-3-1-2-4-14(12)18-13/h1-4,13,17H,5-7,9-11H2. The first kappa shape index (κ1) is 11.6. The summed E-state index contributed by atoms with van der Waals surface area (Å²) < 4.78 is 5.87. The lowest BCUT2D eigenvalue weighted by Gasteiger charge is -2.15. The number of nitriles is 1. The highest BCUT2D eigenvalue weighted by molar-refractivity contribution is 5.37. The molecule has 3 nitrogen and oxygen atoms in total. The molecule has 18 heavy (non-hydrogen) atoms. The van der Waals surface area contributed by atoms with Crippen molar-refractivity contribution in [2.24, 2.45) is 5.41 Å². The molecular weight excluding hydrogens is 224 g/mol. The number of fused-ring (bicyclic) bond motifs is 1. The molecule has 3 rings (SSSR count). The molecule has 0 bridgehead atoms. The fraction of sp³-hybridized carbons (Fsp3) is 0.533. The minimum absolute atomic E-state index is 0.250. The van der Waals surface area contributed by atoms with Gasteiger partial charge in [0.05, 0.1) is 6.07 Å². The molecule has 1 aliphatic heterocycles. The number of hydrogen-bond acceptors (Lipinski definition) is 3. The summed E-state index contributed by atoms with van der Waals surface area (Å²) >= 11 is 0. The van der Waals surface area contributed by atoms with Crippen molar-refractivity contribution in [2.45, 2.75) is 31.8 Å². The Balaban J connectivity index is 1.45. The Labute approximate surface area is 108 Å². The Kier molecular flexibility index (Phi) is 2.97. The van der Waals surface area contributed by atoms with Crippen LogP contribution < -0.4 is 10.1 Å². The number of nitrogens with zero attached hydrogens (tertiary/aromatic N) is 1. The highest BCUT2D eigenvalue weighted by Crippen LogP contribution is 2.47. The van der Waals surface area contributed by atoms with Crippen molar-refractivity contribution in [3.63, 3.8) is 0 Å². The third-order valence-corrected chi connectivity index (χ3v) is 4.00. The van der Waals surface area contributed by atoms with Crippen LogP contribution in [0.25, 0.3) is 0 Å². The van der Waals surface area contributed by atoms with Crippen molar-refractivity contribution in [1.82, 2.24) is 5.32 Å². The van der Waals surface area contributed by atoms with E-state index < -0.39 is 0 Å². The zero-order valence-electron chi connectivity index (χ0n) is 10.5. The Morgan fingerprint density at radius 1 is 1.39 bits per heavy atom. The van der Waals surface area contributed by atoms with E-state index in [0.29, 0.717) is 6.42 Å². The van der Waals surface area contributed by atoms with Gasteiger partial charge in [0.2, 0.25) is 0 Å². The molecule has 1 aliphatic carbocycles. The van der Waals surface area contributed by atoms with Crippen molar-refractivity contribution in [1.29, 1.82) is 5.26 Å². The smallest absolute Gasteiger partial charge is 0.123 e. The van der Waals surface area contributed by atoms with Gasteiger partial charge in [0, 0.05) is 25.9 Å². The summed E-state index contributed by atoms with van der Waals surface area (Å²) in [7, 11) is 0. The third kappa shape index (κ3) is 2.34. The first-order valence-corrected chi connectivity index (χ1v) is 6.64. The Morgan fingerprint density at radius 2 is 2.22 bits per heavy atom. The molecule has 94 valence electrons. The minimum atomic E-state index is 0.250. The van der Waals surface area contributed by atoms with Crippen molar-refractivity contribution < 1.29 is 4.74 Å². The van der Waals surface area contributed by atoms with E-state index in [1.54, 1.807) is 0 Å². The second-order valence-corrected chi connectivity index (χ2v) is 5.52. The summed E-state index contributed by atoms with van der Waals surface area (Å²) in [5.74, 6) is 1.03. The van der Waals surface area contributed by atoms with Gasteiger partial charge >= 0.3 is 0 Å². The molecule has 3 heteroatoms. The lowest BCUT2D eigenvalue weighted by Crippen LogP contribution is -2.33. The number of nitrogens with one attached hydrogen (secondary N) is 1. The SMILES string of the molecule is N#CCC1(CNCC2Cc3ccccc3O2)CC1. The molecule has 0 radical (unpaired) electrons. The van der Waals surface area contributed by atoms with E-state index in [2.05, 4.69) is 23.5 Å². The molecule has 0 amide bonds. The molecular formula is C15H18N2O. The number of hydrogen-bond donors (Lipinski definition) is 1. The Morgan fingerprint density at radius 3 is 2.94 bits per heavy atom. The van der Waals surface area contributed by atoms with Crippen LogP contribution in [0.3, 0.4) is 0 Å². The lowest BCUT2D eigenvalue weighted by molar-refractivity contribution is 0.223. The average molecular weight is 242 g/mol. The molecule has 1 heterocycles. The summed E-state index contributed by atoms with van der Waals surface area (Å²) in [4.78, 5) is 0. The maximum absolute atomic E-state index is 8.77. The molecule has 0 spiro atoms. The van der Waals surface area contributed by atoms with Crippen LogP contribution in [0.4, 0.5) is 0 Å². The van der Waals surface area contributed by atoms with Crippen LogP contribution in [0, 0.1) is 16.7 Å². The van der Waals surface area contributed by atoms with Gasteiger partial charge in [-0.05, 0) is 29.9 Å². The zero-order chi connectivity index (χ0) is 12.4. The van der Waals surface area contributed by atoms with Gasteiger partial charge in [-0.15, -0.1) is 0 Å². The van der Waals surface area contributed by atoms with Crippen LogP contribution in [-0.4, -0.2) is 19.2 Å². The molecule has 1 fully saturated rings. The summed E-state index contributed by atoms with van der Waals surface area (Å²) in [5.41, 5.74) is 1.59. The van der Waals surface area contributed by atoms with E-state index >= 15 is 0 Å². The first-order valence-electron chi connectivity index (χ1n) is 6.64. The van der Waals surface area contributed by atoms with Gasteiger partial charge in [-0.2, -0.15) is 5.26 Å². The fourth-order valence-electron chi connectivity index (χ4n) is 2.63. The third-order valence-electron chi connectivity index (χ3n) is 4.00. The van der Waals surface area contributed by atoms with Crippen LogP contribution in [0.2, 0.25) is 0 Å². The maximum Gasteiger partial charge on any atom is 0.123 e. The van der Waals surface area contributed by atoms with Gasteiger partial charge in [0.1, 0.15) is 11.9 Å². The monoisotopic (exact) mass is 242 g/mol. The van der Waals surface area contributed by atoms with Crippen LogP contribution >= 0.6 is 0 Å². The van der Waals surface area contributed by atoms with Crippen molar-refractivity contribution in [3.8, 4) is 11.8 Å². The molecule has 2 aliphatic rings. The highest BCUT2D eigenvalue weighted by Gasteiger charge is 2.42. The first-order chi connectivity index (χ1) is 8.81. The van der Waals surface area contributed by atoms with E-state index in [-0.39, 0.29) is 11.5 Å². The van der Waals surface area contributed by atoms with E-state index in [1.807, 2.05) is 12.1 Å². The number of benzene rings is 1. The normalized spacial score (nSPS) is 22.9. The number of ether oxygens (including phenoxy) is 1. The predicted molar refractivity (Wildman–Crippen MR) is 69.3 cm³/mol. The molecule has 1 aromatic rings. The van der Waals surface area contributed by atoms with Gasteiger partial charge in [0.15, 0.2) is 0 Å². The summed E-state index contributed by atoms with van der Waals surface area (Å²) in [6.07, 6.45) is 4.32. The molecule has 1 saturated carbocycles. The molecule has 1 atom stereocenters. The van der Waals surface area contributed by atoms with E-state index in [4.69, 9.17) is 10.00 Å². The minimum Gasteiger partial charge on any atom is -0.488 e. The van der Waals surface area contributed by atoms with E-state index in [1.165, 1.54) is 18.4 Å². The van der Waals surface area contributed by atoms with Gasteiger partial charge in [-0.1, -0.05) is 18.2 Å². The average Bonchev–Trinajstić information content (AvgIpc) is 3.01. The topological polar surface area (TPSA) is 45.0 Å². The maximum atomic E-state index is 8.77. The summed E-state index contributed by atoms with van der Waals surface area (Å²) in [5, 5.41) is 12.2. The van der Waals surface area contributed by atoms with Gasteiger partial charge < -0.3 is 10.1 Å². The van der Waals surface area contributed by atoms with Crippen LogP contribution in [0.5, 0.6) is 5.75 Å². The van der Waals surface area contributed by atoms with Crippen LogP contribution in [0.1, 0.15) is 24.8 Å². The van der Waals surface area contributed by atoms with Crippen LogP contribution in [0.15, 0.2) is 24.3 Å². The molecule has 0 saturated heterocycles. The molecule has 1 aromatic carbocycles. The van der Waals surface area contributed by atoms with Crippen molar-refractivity contribution in [3.05, 3.63) is 29.8 Å². The quantitative estimate of drug-likeness (QED) is 0.861. The Hall–Kier alpha value is -1.53. The largest absolute Gasteiger partial charge is 0.488 e. The summed E-state index contributed by atoms with van der Waals surface area (Å²) in [6.45, 7) is 1.83. The Bertz CT molecular complexity index is 449. The highest BCUT2D eigenvalue weighted by atomic mass is 16.5. The lowest BCUT2D eigenvalue weighted by atomic mass is 10.0. The van der Waals surface area contributed by atoms with Crippen molar-refractivity contribution in [2.75, 3.05) is 13.1 Å². The summed E-state index contributed by atoms with van der Waals surface area (Å²) in [6, 6.07) is 10.5. The van der Waals surface area contributed by atoms with Crippen LogP contribution in [-0.2, 0) is 6.42 Å². The number of para-hydroxylation sites is 1. The fourth-order valence-corrected chi connectivity index (χ4v) is 2.63. The second kappa shape index (κ2) is 4.62. The van der Waals surface area contributed by atoms with Gasteiger partial charge in [0.25, 0.3) is 0 Å². The molecule has 1 N–H and O–H groups in total. The zero-order valence-corrected chi connectivity index (χ0v) is 10.5. The van der Waals surface area contributed by atoms with Gasteiger partial charge in [-0.25, -0.2) is 0 Å². The van der Waals surface area contributed by atoms with Crippen molar-refractivity contribution >= 4 is 0 Å². The predicted octanol–water partition coefficient (Wildman–Crippen LogP) is 2.27.